The third-order valence-electron chi connectivity index (χ3n) is 1.42. The number of hydrogen-bond donors (Lipinski definition) is 2. The van der Waals surface area contributed by atoms with E-state index in [0.717, 1.165) is 12.2 Å². The molecule has 0 saturated heterocycles. The topological polar surface area (TPSA) is 42.6 Å². The lowest BCUT2D eigenvalue weighted by molar-refractivity contribution is -0.643. The summed E-state index contributed by atoms with van der Waals surface area (Å²) in [6.07, 6.45) is 0. The maximum atomic E-state index is 5.51. The van der Waals surface area contributed by atoms with Crippen LogP contribution in [0.1, 0.15) is 5.56 Å². The molecule has 0 saturated carbocycles. The van der Waals surface area contributed by atoms with Crippen LogP contribution in [0.5, 0.6) is 0 Å². The van der Waals surface area contributed by atoms with Gasteiger partial charge in [0.25, 0.3) is 0 Å². The summed E-state index contributed by atoms with van der Waals surface area (Å²) in [4.78, 5) is 0. The van der Waals surface area contributed by atoms with Gasteiger partial charge in [0.15, 0.2) is 0 Å². The minimum atomic E-state index is 0.833. The highest BCUT2D eigenvalue weighted by Gasteiger charge is 1.90. The zero-order valence-electron chi connectivity index (χ0n) is 6.17. The van der Waals surface area contributed by atoms with Gasteiger partial charge in [-0.3, -0.25) is 0 Å². The molecule has 0 spiro atoms. The molecule has 0 amide bonds. The summed E-state index contributed by atoms with van der Waals surface area (Å²) in [5.74, 6) is 0. The van der Waals surface area contributed by atoms with Gasteiger partial charge in [-0.2, -0.15) is 0 Å². The Bertz CT molecular complexity index is 191. The van der Waals surface area contributed by atoms with Crippen molar-refractivity contribution in [3.8, 4) is 0 Å². The van der Waals surface area contributed by atoms with Crippen molar-refractivity contribution in [2.24, 2.45) is 0 Å². The van der Waals surface area contributed by atoms with Crippen LogP contribution in [0.4, 0.5) is 5.69 Å². The molecule has 0 radical (unpaired) electrons. The van der Waals surface area contributed by atoms with Crippen molar-refractivity contribution in [1.29, 1.82) is 0 Å². The number of nitrogen functional groups attached to an aromatic ring is 1. The molecule has 0 unspecified atom stereocenters. The molecule has 0 fully saturated rings. The second kappa shape index (κ2) is 3.22. The summed E-state index contributed by atoms with van der Waals surface area (Å²) < 4.78 is 0. The van der Waals surface area contributed by atoms with Crippen LogP contribution < -0.4 is 11.1 Å². The Morgan fingerprint density at radius 2 is 1.90 bits per heavy atom. The van der Waals surface area contributed by atoms with Crippen molar-refractivity contribution in [2.75, 3.05) is 12.8 Å². The van der Waals surface area contributed by atoms with Crippen molar-refractivity contribution >= 4 is 5.69 Å². The summed E-state index contributed by atoms with van der Waals surface area (Å²) in [6, 6.07) is 7.96. The molecule has 4 N–H and O–H groups in total. The minimum absolute atomic E-state index is 0.833. The van der Waals surface area contributed by atoms with Crippen molar-refractivity contribution < 1.29 is 5.32 Å². The lowest BCUT2D eigenvalue weighted by atomic mass is 10.2. The molecule has 0 bridgehead atoms. The maximum Gasteiger partial charge on any atom is 0.101 e. The molecule has 2 heteroatoms. The highest BCUT2D eigenvalue weighted by molar-refractivity contribution is 5.38. The fraction of sp³-hybridized carbons (Fsp3) is 0.250. The van der Waals surface area contributed by atoms with Crippen LogP contribution in [0.15, 0.2) is 24.3 Å². The SMILES string of the molecule is C[NH2+]Cc1ccc(N)cc1. The number of benzene rings is 1. The summed E-state index contributed by atoms with van der Waals surface area (Å²) in [7, 11) is 2.05. The van der Waals surface area contributed by atoms with Crippen molar-refractivity contribution in [2.45, 2.75) is 6.54 Å². The van der Waals surface area contributed by atoms with Gasteiger partial charge in [-0.25, -0.2) is 0 Å². The van der Waals surface area contributed by atoms with E-state index in [-0.39, 0.29) is 0 Å². The molecule has 0 heterocycles. The van der Waals surface area contributed by atoms with Gasteiger partial charge < -0.3 is 11.1 Å². The number of rotatable bonds is 2. The number of anilines is 1. The van der Waals surface area contributed by atoms with Gasteiger partial charge in [0, 0.05) is 11.3 Å². The summed E-state index contributed by atoms with van der Waals surface area (Å²) in [5, 5.41) is 2.13. The Kier molecular flexibility index (Phi) is 2.29. The summed E-state index contributed by atoms with van der Waals surface area (Å²) >= 11 is 0. The smallest absolute Gasteiger partial charge is 0.101 e. The van der Waals surface area contributed by atoms with E-state index < -0.39 is 0 Å². The Balaban J connectivity index is 2.69. The third kappa shape index (κ3) is 1.74. The van der Waals surface area contributed by atoms with E-state index in [4.69, 9.17) is 5.73 Å². The van der Waals surface area contributed by atoms with E-state index in [1.807, 2.05) is 12.1 Å². The fourth-order valence-electron chi connectivity index (χ4n) is 0.889. The predicted octanol–water partition coefficient (Wildman–Crippen LogP) is -0.0380. The summed E-state index contributed by atoms with van der Waals surface area (Å²) in [5.41, 5.74) is 7.66. The van der Waals surface area contributed by atoms with Crippen LogP contribution in [0.2, 0.25) is 0 Å². The van der Waals surface area contributed by atoms with Gasteiger partial charge in [-0.1, -0.05) is 12.1 Å². The standard InChI is InChI=1S/C8H12N2/c1-10-6-7-2-4-8(9)5-3-7/h2-5,10H,6,9H2,1H3/p+1. The first-order valence-electron chi connectivity index (χ1n) is 3.45. The Morgan fingerprint density at radius 1 is 1.30 bits per heavy atom. The Labute approximate surface area is 61.1 Å². The molecule has 2 nitrogen and oxygen atoms in total. The molecule has 0 aromatic heterocycles. The van der Waals surface area contributed by atoms with Gasteiger partial charge in [-0.15, -0.1) is 0 Å². The number of nitrogens with two attached hydrogens (primary N) is 2. The normalized spacial score (nSPS) is 9.70. The van der Waals surface area contributed by atoms with Gasteiger partial charge in [-0.05, 0) is 12.1 Å². The van der Waals surface area contributed by atoms with Crippen LogP contribution in [0, 0.1) is 0 Å². The van der Waals surface area contributed by atoms with Crippen molar-refractivity contribution in [3.63, 3.8) is 0 Å². The first-order chi connectivity index (χ1) is 4.83. The zero-order chi connectivity index (χ0) is 7.40. The Hall–Kier alpha value is -1.02. The second-order valence-corrected chi connectivity index (χ2v) is 2.35. The van der Waals surface area contributed by atoms with Crippen LogP contribution >= 0.6 is 0 Å². The van der Waals surface area contributed by atoms with Crippen molar-refractivity contribution in [3.05, 3.63) is 29.8 Å². The Morgan fingerprint density at radius 3 is 2.40 bits per heavy atom. The van der Waals surface area contributed by atoms with Crippen LogP contribution in [0.25, 0.3) is 0 Å². The van der Waals surface area contributed by atoms with Crippen LogP contribution in [-0.2, 0) is 6.54 Å². The molecule has 0 aliphatic carbocycles. The highest BCUT2D eigenvalue weighted by Crippen LogP contribution is 2.03. The minimum Gasteiger partial charge on any atom is -0.399 e. The van der Waals surface area contributed by atoms with E-state index in [1.165, 1.54) is 5.56 Å². The molecular formula is C8H13N2+. The molecule has 1 rings (SSSR count). The van der Waals surface area contributed by atoms with Gasteiger partial charge >= 0.3 is 0 Å². The van der Waals surface area contributed by atoms with Crippen LogP contribution in [0.3, 0.4) is 0 Å². The maximum absolute atomic E-state index is 5.51. The van der Waals surface area contributed by atoms with Gasteiger partial charge in [0.1, 0.15) is 6.54 Å². The predicted molar refractivity (Wildman–Crippen MR) is 42.4 cm³/mol. The molecular weight excluding hydrogens is 124 g/mol. The lowest BCUT2D eigenvalue weighted by Crippen LogP contribution is -2.77. The van der Waals surface area contributed by atoms with E-state index in [9.17, 15) is 0 Å². The average molecular weight is 137 g/mol. The summed E-state index contributed by atoms with van der Waals surface area (Å²) in [6.45, 7) is 1.03. The quantitative estimate of drug-likeness (QED) is 0.552. The van der Waals surface area contributed by atoms with E-state index in [1.54, 1.807) is 0 Å². The molecule has 1 aromatic rings. The van der Waals surface area contributed by atoms with Gasteiger partial charge in [0.05, 0.1) is 7.05 Å². The average Bonchev–Trinajstić information content (AvgIpc) is 1.95. The van der Waals surface area contributed by atoms with Gasteiger partial charge in [0.2, 0.25) is 0 Å². The fourth-order valence-corrected chi connectivity index (χ4v) is 0.889. The second-order valence-electron chi connectivity index (χ2n) is 2.35. The largest absolute Gasteiger partial charge is 0.399 e. The lowest BCUT2D eigenvalue weighted by Gasteiger charge is -1.96. The first-order valence-corrected chi connectivity index (χ1v) is 3.45. The third-order valence-corrected chi connectivity index (χ3v) is 1.42. The highest BCUT2D eigenvalue weighted by atomic mass is 14.8. The molecule has 0 aliphatic rings. The first kappa shape index (κ1) is 7.09. The van der Waals surface area contributed by atoms with E-state index in [2.05, 4.69) is 24.5 Å². The van der Waals surface area contributed by atoms with Crippen LogP contribution in [-0.4, -0.2) is 7.05 Å². The monoisotopic (exact) mass is 137 g/mol. The number of quaternary nitrogens is 1. The molecule has 54 valence electrons. The molecule has 0 aliphatic heterocycles. The number of hydrogen-bond acceptors (Lipinski definition) is 1. The van der Waals surface area contributed by atoms with E-state index in [0.29, 0.717) is 0 Å². The molecule has 10 heavy (non-hydrogen) atoms. The molecule has 1 aromatic carbocycles. The van der Waals surface area contributed by atoms with E-state index >= 15 is 0 Å². The molecule has 0 atom stereocenters. The van der Waals surface area contributed by atoms with Crippen molar-refractivity contribution in [1.82, 2.24) is 0 Å². The zero-order valence-corrected chi connectivity index (χ0v) is 6.17.